The van der Waals surface area contributed by atoms with Crippen LogP contribution in [-0.2, 0) is 17.1 Å². The van der Waals surface area contributed by atoms with E-state index in [0.29, 0.717) is 5.56 Å². The highest BCUT2D eigenvalue weighted by atomic mass is 32.3. The highest BCUT2D eigenvalue weighted by Gasteiger charge is 2.15. The molecule has 2 aromatic carbocycles. The molecular weight excluding hydrogens is 425 g/mol. The molecule has 0 aliphatic heterocycles. The molecule has 1 aromatic heterocycles. The van der Waals surface area contributed by atoms with Crippen LogP contribution in [0.3, 0.4) is 0 Å². The number of ether oxygens (including phenoxy) is 1. The molecule has 0 unspecified atom stereocenters. The Morgan fingerprint density at radius 1 is 0.967 bits per heavy atom. The van der Waals surface area contributed by atoms with Gasteiger partial charge in [0.15, 0.2) is 0 Å². The van der Waals surface area contributed by atoms with E-state index < -0.39 is 34.7 Å². The lowest BCUT2D eigenvalue weighted by molar-refractivity contribution is 0.0995. The van der Waals surface area contributed by atoms with E-state index in [0.717, 1.165) is 24.3 Å². The predicted octanol–water partition coefficient (Wildman–Crippen LogP) is 3.30. The van der Waals surface area contributed by atoms with Crippen LogP contribution in [0.5, 0.6) is 11.5 Å². The lowest BCUT2D eigenvalue weighted by atomic mass is 10.0. The maximum absolute atomic E-state index is 14.5. The highest BCUT2D eigenvalue weighted by Crippen LogP contribution is 2.26. The van der Waals surface area contributed by atoms with Gasteiger partial charge in [-0.15, -0.1) is 0 Å². The van der Waals surface area contributed by atoms with Crippen LogP contribution in [-0.4, -0.2) is 19.3 Å². The van der Waals surface area contributed by atoms with Crippen molar-refractivity contribution in [3.8, 4) is 22.6 Å². The van der Waals surface area contributed by atoms with Crippen LogP contribution >= 0.6 is 0 Å². The minimum absolute atomic E-state index is 0.0475. The smallest absolute Gasteiger partial charge is 0.488 e. The summed E-state index contributed by atoms with van der Waals surface area (Å²) in [5.41, 5.74) is 5.28. The van der Waals surface area contributed by atoms with E-state index in [1.807, 2.05) is 0 Å². The van der Waals surface area contributed by atoms with Crippen molar-refractivity contribution < 1.29 is 34.8 Å². The second kappa shape index (κ2) is 8.41. The third kappa shape index (κ3) is 5.26. The van der Waals surface area contributed by atoms with Gasteiger partial charge in [-0.2, -0.15) is 8.42 Å². The van der Waals surface area contributed by atoms with Gasteiger partial charge in [0.1, 0.15) is 35.4 Å². The van der Waals surface area contributed by atoms with Gasteiger partial charge in [-0.1, -0.05) is 3.89 Å². The number of rotatable bonds is 7. The first-order valence-electron chi connectivity index (χ1n) is 8.23. The monoisotopic (exact) mass is 438 g/mol. The summed E-state index contributed by atoms with van der Waals surface area (Å²) >= 11 is 0. The van der Waals surface area contributed by atoms with Crippen molar-refractivity contribution in [1.82, 2.24) is 4.98 Å². The Bertz CT molecular complexity index is 1180. The number of hydrogen-bond donors (Lipinski definition) is 1. The fourth-order valence-electron chi connectivity index (χ4n) is 2.51. The van der Waals surface area contributed by atoms with Crippen LogP contribution in [0, 0.1) is 11.6 Å². The number of nitrogens with two attached hydrogens (primary N) is 1. The van der Waals surface area contributed by atoms with Gasteiger partial charge in [-0.3, -0.25) is 9.78 Å². The molecule has 0 aliphatic rings. The number of pyridine rings is 1. The lowest BCUT2D eigenvalue weighted by Crippen LogP contribution is -2.12. The second-order valence-electron chi connectivity index (χ2n) is 5.95. The maximum atomic E-state index is 14.5. The van der Waals surface area contributed by atoms with Gasteiger partial charge >= 0.3 is 10.5 Å². The minimum atomic E-state index is -5.16. The van der Waals surface area contributed by atoms with Gasteiger partial charge in [-0.05, 0) is 59.7 Å². The molecule has 0 saturated carbocycles. The number of primary amides is 1. The summed E-state index contributed by atoms with van der Waals surface area (Å²) in [4.78, 5) is 15.0. The van der Waals surface area contributed by atoms with Crippen LogP contribution in [0.25, 0.3) is 11.1 Å². The molecule has 0 spiro atoms. The average molecular weight is 438 g/mol. The zero-order chi connectivity index (χ0) is 21.9. The molecule has 30 heavy (non-hydrogen) atoms. The van der Waals surface area contributed by atoms with Crippen molar-refractivity contribution in [3.63, 3.8) is 0 Å². The van der Waals surface area contributed by atoms with Gasteiger partial charge in [-0.25, -0.2) is 8.78 Å². The summed E-state index contributed by atoms with van der Waals surface area (Å²) in [7, 11) is -5.16. The first-order valence-corrected chi connectivity index (χ1v) is 9.54. The number of halogens is 3. The summed E-state index contributed by atoms with van der Waals surface area (Å²) in [6.07, 6.45) is 1.30. The van der Waals surface area contributed by atoms with E-state index in [2.05, 4.69) is 9.17 Å². The number of benzene rings is 2. The summed E-state index contributed by atoms with van der Waals surface area (Å²) in [6, 6.07) is 9.64. The third-order valence-corrected chi connectivity index (χ3v) is 4.28. The molecule has 11 heteroatoms. The number of carbonyl (C=O) groups is 1. The summed E-state index contributed by atoms with van der Waals surface area (Å²) < 4.78 is 71.5. The predicted molar refractivity (Wildman–Crippen MR) is 99.5 cm³/mol. The molecule has 0 bridgehead atoms. The molecule has 1 amide bonds. The van der Waals surface area contributed by atoms with Crippen LogP contribution in [0.2, 0.25) is 0 Å². The molecule has 0 radical (unpaired) electrons. The molecule has 7 nitrogen and oxygen atoms in total. The van der Waals surface area contributed by atoms with E-state index in [9.17, 15) is 25.9 Å². The largest absolute Gasteiger partial charge is 0.489 e. The fourth-order valence-corrected chi connectivity index (χ4v) is 2.86. The first kappa shape index (κ1) is 21.1. The van der Waals surface area contributed by atoms with Crippen molar-refractivity contribution in [1.29, 1.82) is 0 Å². The summed E-state index contributed by atoms with van der Waals surface area (Å²) in [5, 5.41) is 0. The van der Waals surface area contributed by atoms with Gasteiger partial charge in [0.05, 0.1) is 5.56 Å². The van der Waals surface area contributed by atoms with Gasteiger partial charge in [0, 0.05) is 6.20 Å². The molecule has 0 fully saturated rings. The molecule has 0 saturated heterocycles. The number of carbonyl (C=O) groups excluding carboxylic acids is 1. The van der Waals surface area contributed by atoms with E-state index >= 15 is 0 Å². The molecule has 3 rings (SSSR count). The quantitative estimate of drug-likeness (QED) is 0.567. The molecule has 0 aliphatic carbocycles. The van der Waals surface area contributed by atoms with E-state index in [-0.39, 0.29) is 28.3 Å². The Hall–Kier alpha value is -3.60. The Balaban J connectivity index is 1.76. The first-order chi connectivity index (χ1) is 14.1. The lowest BCUT2D eigenvalue weighted by Gasteiger charge is -2.11. The maximum Gasteiger partial charge on any atom is 0.488 e. The van der Waals surface area contributed by atoms with Crippen LogP contribution in [0.1, 0.15) is 16.1 Å². The topological polar surface area (TPSA) is 109 Å². The van der Waals surface area contributed by atoms with Gasteiger partial charge in [0.2, 0.25) is 0 Å². The van der Waals surface area contributed by atoms with Crippen LogP contribution in [0.4, 0.5) is 12.7 Å². The van der Waals surface area contributed by atoms with Crippen LogP contribution in [0.15, 0.2) is 54.7 Å². The Morgan fingerprint density at radius 2 is 1.57 bits per heavy atom. The SMILES string of the molecule is NC(=O)c1cc(-c2cc(F)c(COc3ccc(OS(=O)(=O)F)cc3)c(F)c2)ccn1. The second-order valence-corrected chi connectivity index (χ2v) is 6.90. The average Bonchev–Trinajstić information content (AvgIpc) is 2.67. The molecule has 156 valence electrons. The zero-order valence-corrected chi connectivity index (χ0v) is 15.8. The highest BCUT2D eigenvalue weighted by molar-refractivity contribution is 7.81. The van der Waals surface area contributed by atoms with Crippen molar-refractivity contribution in [2.45, 2.75) is 6.61 Å². The molecule has 2 N–H and O–H groups in total. The summed E-state index contributed by atoms with van der Waals surface area (Å²) in [5.74, 6) is -2.69. The number of amides is 1. The normalized spacial score (nSPS) is 11.2. The zero-order valence-electron chi connectivity index (χ0n) is 15.0. The molecule has 0 atom stereocenters. The van der Waals surface area contributed by atoms with Crippen molar-refractivity contribution in [2.24, 2.45) is 5.73 Å². The fraction of sp³-hybridized carbons (Fsp3) is 0.0526. The standard InChI is InChI=1S/C19H13F3N2O5S/c20-16-7-12(11-5-6-24-18(9-11)19(23)25)8-17(21)15(16)10-28-13-1-3-14(4-2-13)29-30(22,26)27/h1-9H,10H2,(H2,23,25). The Labute approximate surface area is 169 Å². The van der Waals surface area contributed by atoms with E-state index in [1.54, 1.807) is 0 Å². The Morgan fingerprint density at radius 3 is 2.13 bits per heavy atom. The van der Waals surface area contributed by atoms with Crippen molar-refractivity contribution >= 4 is 16.4 Å². The van der Waals surface area contributed by atoms with Crippen molar-refractivity contribution in [3.05, 3.63) is 77.6 Å². The van der Waals surface area contributed by atoms with Crippen molar-refractivity contribution in [2.75, 3.05) is 0 Å². The Kier molecular flexibility index (Phi) is 5.92. The number of aromatic nitrogens is 1. The summed E-state index contributed by atoms with van der Waals surface area (Å²) in [6.45, 7) is -0.470. The van der Waals surface area contributed by atoms with E-state index in [1.165, 1.54) is 30.5 Å². The third-order valence-electron chi connectivity index (χ3n) is 3.89. The van der Waals surface area contributed by atoms with Crippen LogP contribution < -0.4 is 14.7 Å². The molecule has 1 heterocycles. The van der Waals surface area contributed by atoms with Gasteiger partial charge in [0.25, 0.3) is 5.91 Å². The molecular formula is C19H13F3N2O5S. The van der Waals surface area contributed by atoms with Gasteiger partial charge < -0.3 is 14.7 Å². The van der Waals surface area contributed by atoms with E-state index in [4.69, 9.17) is 10.5 Å². The number of nitrogens with zero attached hydrogens (tertiary/aromatic N) is 1. The number of hydrogen-bond acceptors (Lipinski definition) is 6. The molecule has 3 aromatic rings. The minimum Gasteiger partial charge on any atom is -0.489 e.